The Morgan fingerprint density at radius 2 is 1.94 bits per heavy atom. The summed E-state index contributed by atoms with van der Waals surface area (Å²) in [5.41, 5.74) is 2.30. The van der Waals surface area contributed by atoms with Crippen molar-refractivity contribution < 1.29 is 19.1 Å². The monoisotopic (exact) mass is 472 g/mol. The Kier molecular flexibility index (Phi) is 9.24. The first-order chi connectivity index (χ1) is 16.0. The predicted molar refractivity (Wildman–Crippen MR) is 128 cm³/mol. The van der Waals surface area contributed by atoms with Crippen LogP contribution in [-0.4, -0.2) is 60.6 Å². The molecule has 0 radical (unpaired) electrons. The van der Waals surface area contributed by atoms with Crippen molar-refractivity contribution in [3.8, 4) is 0 Å². The second-order valence-electron chi connectivity index (χ2n) is 8.02. The van der Waals surface area contributed by atoms with E-state index in [0.717, 1.165) is 30.7 Å². The molecule has 1 fully saturated rings. The lowest BCUT2D eigenvalue weighted by Gasteiger charge is -2.32. The molecule has 3 heterocycles. The zero-order chi connectivity index (χ0) is 23.6. The molecule has 0 atom stereocenters. The highest BCUT2D eigenvalue weighted by atomic mass is 32.1. The number of thiophene rings is 1. The molecule has 0 saturated carbocycles. The molecule has 2 aromatic rings. The van der Waals surface area contributed by atoms with Crippen LogP contribution in [0.4, 0.5) is 4.79 Å². The lowest BCUT2D eigenvalue weighted by atomic mass is 9.90. The molecule has 33 heavy (non-hydrogen) atoms. The lowest BCUT2D eigenvalue weighted by molar-refractivity contribution is -0.142. The number of piperidine rings is 1. The van der Waals surface area contributed by atoms with Crippen LogP contribution in [0.25, 0.3) is 0 Å². The maximum atomic E-state index is 12.9. The molecule has 3 rings (SSSR count). The maximum Gasteiger partial charge on any atom is 0.317 e. The molecule has 1 aliphatic rings. The summed E-state index contributed by atoms with van der Waals surface area (Å²) in [5.74, 6) is -0.303. The molecule has 0 spiro atoms. The minimum absolute atomic E-state index is 0.104. The van der Waals surface area contributed by atoms with Gasteiger partial charge in [-0.05, 0) is 56.7 Å². The minimum atomic E-state index is -0.316. The van der Waals surface area contributed by atoms with Crippen molar-refractivity contribution in [2.45, 2.75) is 45.4 Å². The van der Waals surface area contributed by atoms with Gasteiger partial charge in [-0.25, -0.2) is 4.79 Å². The molecule has 8 nitrogen and oxygen atoms in total. The van der Waals surface area contributed by atoms with Crippen molar-refractivity contribution in [2.75, 3.05) is 32.8 Å². The Balaban J connectivity index is 1.52. The average Bonchev–Trinajstić information content (AvgIpc) is 3.32. The van der Waals surface area contributed by atoms with Gasteiger partial charge in [-0.2, -0.15) is 0 Å². The van der Waals surface area contributed by atoms with Crippen molar-refractivity contribution in [1.82, 2.24) is 20.5 Å². The van der Waals surface area contributed by atoms with Crippen molar-refractivity contribution in [3.05, 3.63) is 51.5 Å². The standard InChI is InChI=1S/C24H32N4O4S/c1-3-32-21(29)9-13-26-24(31)28-14-10-18(11-15-28)22-20(7-6-17(2)27-22)23(30)25-12-8-19-5-4-16-33-19/h4-7,16,18H,3,8-15H2,1-2H3,(H,25,30)(H,26,31). The first-order valence-electron chi connectivity index (χ1n) is 11.4. The van der Waals surface area contributed by atoms with E-state index in [4.69, 9.17) is 9.72 Å². The van der Waals surface area contributed by atoms with E-state index in [1.165, 1.54) is 4.88 Å². The van der Waals surface area contributed by atoms with Crippen molar-refractivity contribution in [3.63, 3.8) is 0 Å². The number of aromatic nitrogens is 1. The number of urea groups is 1. The molecule has 9 heteroatoms. The number of ether oxygens (including phenoxy) is 1. The summed E-state index contributed by atoms with van der Waals surface area (Å²) < 4.78 is 4.87. The van der Waals surface area contributed by atoms with E-state index < -0.39 is 0 Å². The van der Waals surface area contributed by atoms with Crippen LogP contribution in [0.15, 0.2) is 29.6 Å². The van der Waals surface area contributed by atoms with Crippen LogP contribution < -0.4 is 10.6 Å². The summed E-state index contributed by atoms with van der Waals surface area (Å²) in [6.07, 6.45) is 2.43. The number of likely N-dealkylation sites (tertiary alicyclic amines) is 1. The fourth-order valence-electron chi connectivity index (χ4n) is 3.90. The first kappa shape index (κ1) is 24.7. The van der Waals surface area contributed by atoms with Gasteiger partial charge in [0.1, 0.15) is 0 Å². The van der Waals surface area contributed by atoms with Crippen molar-refractivity contribution in [2.24, 2.45) is 0 Å². The summed E-state index contributed by atoms with van der Waals surface area (Å²) >= 11 is 1.69. The summed E-state index contributed by atoms with van der Waals surface area (Å²) in [6, 6.07) is 7.62. The molecule has 0 unspecified atom stereocenters. The minimum Gasteiger partial charge on any atom is -0.466 e. The van der Waals surface area contributed by atoms with Gasteiger partial charge in [0.2, 0.25) is 0 Å². The third kappa shape index (κ3) is 7.28. The smallest absolute Gasteiger partial charge is 0.317 e. The van der Waals surface area contributed by atoms with E-state index in [-0.39, 0.29) is 36.8 Å². The van der Waals surface area contributed by atoms with E-state index in [9.17, 15) is 14.4 Å². The summed E-state index contributed by atoms with van der Waals surface area (Å²) in [7, 11) is 0. The van der Waals surface area contributed by atoms with Gasteiger partial charge in [-0.1, -0.05) is 6.07 Å². The first-order valence-corrected chi connectivity index (χ1v) is 12.3. The third-order valence-electron chi connectivity index (χ3n) is 5.63. The van der Waals surface area contributed by atoms with Gasteiger partial charge < -0.3 is 20.3 Å². The number of nitrogens with one attached hydrogen (secondary N) is 2. The van der Waals surface area contributed by atoms with Crippen molar-refractivity contribution in [1.29, 1.82) is 0 Å². The molecule has 1 aliphatic heterocycles. The highest BCUT2D eigenvalue weighted by Gasteiger charge is 2.28. The second kappa shape index (κ2) is 12.3. The van der Waals surface area contributed by atoms with E-state index in [0.29, 0.717) is 31.8 Å². The van der Waals surface area contributed by atoms with E-state index in [1.54, 1.807) is 23.2 Å². The molecule has 2 N–H and O–H groups in total. The number of rotatable bonds is 9. The second-order valence-corrected chi connectivity index (χ2v) is 9.05. The summed E-state index contributed by atoms with van der Waals surface area (Å²) in [6.45, 7) is 6.00. The van der Waals surface area contributed by atoms with E-state index in [2.05, 4.69) is 16.7 Å². The van der Waals surface area contributed by atoms with Gasteiger partial charge in [-0.15, -0.1) is 11.3 Å². The summed E-state index contributed by atoms with van der Waals surface area (Å²) in [4.78, 5) is 44.4. The number of aryl methyl sites for hydroxylation is 1. The van der Waals surface area contributed by atoms with Crippen LogP contribution in [0.2, 0.25) is 0 Å². The number of hydrogen-bond donors (Lipinski definition) is 2. The molecule has 3 amide bonds. The number of pyridine rings is 1. The lowest BCUT2D eigenvalue weighted by Crippen LogP contribution is -2.45. The van der Waals surface area contributed by atoms with Crippen LogP contribution in [0.5, 0.6) is 0 Å². The fourth-order valence-corrected chi connectivity index (χ4v) is 4.61. The Bertz CT molecular complexity index is 940. The molecule has 178 valence electrons. The van der Waals surface area contributed by atoms with Crippen LogP contribution in [0.3, 0.4) is 0 Å². The van der Waals surface area contributed by atoms with E-state index >= 15 is 0 Å². The number of amides is 3. The van der Waals surface area contributed by atoms with E-state index in [1.807, 2.05) is 30.5 Å². The van der Waals surface area contributed by atoms with Gasteiger partial charge >= 0.3 is 12.0 Å². The van der Waals surface area contributed by atoms with Gasteiger partial charge in [0.25, 0.3) is 5.91 Å². The number of nitrogens with zero attached hydrogens (tertiary/aromatic N) is 2. The highest BCUT2D eigenvalue weighted by molar-refractivity contribution is 7.09. The van der Waals surface area contributed by atoms with Crippen LogP contribution in [0.1, 0.15) is 58.7 Å². The predicted octanol–water partition coefficient (Wildman–Crippen LogP) is 3.27. The Hall–Kier alpha value is -2.94. The molecule has 0 bridgehead atoms. The quantitative estimate of drug-likeness (QED) is 0.546. The molecule has 1 saturated heterocycles. The van der Waals surface area contributed by atoms with Crippen LogP contribution >= 0.6 is 11.3 Å². The largest absolute Gasteiger partial charge is 0.466 e. The van der Waals surface area contributed by atoms with Crippen LogP contribution in [-0.2, 0) is 16.0 Å². The van der Waals surface area contributed by atoms with Crippen LogP contribution in [0, 0.1) is 6.92 Å². The molecular formula is C24H32N4O4S. The van der Waals surface area contributed by atoms with Gasteiger partial charge in [-0.3, -0.25) is 14.6 Å². The Morgan fingerprint density at radius 1 is 1.15 bits per heavy atom. The Morgan fingerprint density at radius 3 is 2.64 bits per heavy atom. The SMILES string of the molecule is CCOC(=O)CCNC(=O)N1CCC(c2nc(C)ccc2C(=O)NCCc2cccs2)CC1. The number of hydrogen-bond acceptors (Lipinski definition) is 6. The number of esters is 1. The fraction of sp³-hybridized carbons (Fsp3) is 0.500. The van der Waals surface area contributed by atoms with Crippen molar-refractivity contribution >= 4 is 29.2 Å². The number of carbonyl (C=O) groups is 3. The molecule has 0 aliphatic carbocycles. The maximum absolute atomic E-state index is 12.9. The Labute approximate surface area is 198 Å². The highest BCUT2D eigenvalue weighted by Crippen LogP contribution is 2.29. The van der Waals surface area contributed by atoms with Gasteiger partial charge in [0.05, 0.1) is 24.3 Å². The average molecular weight is 473 g/mol. The molecular weight excluding hydrogens is 440 g/mol. The molecule has 2 aromatic heterocycles. The zero-order valence-electron chi connectivity index (χ0n) is 19.3. The topological polar surface area (TPSA) is 101 Å². The number of carbonyl (C=O) groups excluding carboxylic acids is 3. The zero-order valence-corrected chi connectivity index (χ0v) is 20.1. The third-order valence-corrected chi connectivity index (χ3v) is 6.56. The normalized spacial score (nSPS) is 14.1. The summed E-state index contributed by atoms with van der Waals surface area (Å²) in [5, 5.41) is 7.83. The van der Waals surface area contributed by atoms with Gasteiger partial charge in [0, 0.05) is 42.7 Å². The molecule has 0 aromatic carbocycles. The van der Waals surface area contributed by atoms with Gasteiger partial charge in [0.15, 0.2) is 0 Å².